The van der Waals surface area contributed by atoms with Crippen molar-refractivity contribution in [2.45, 2.75) is 24.8 Å². The molecule has 0 aliphatic carbocycles. The lowest BCUT2D eigenvalue weighted by Gasteiger charge is -2.38. The molecule has 96 valence electrons. The molecule has 0 heterocycles. The SMILES string of the molecule is CSc1ccc(C(N(C)C)C(C)(C)CN)cc1. The summed E-state index contributed by atoms with van der Waals surface area (Å²) in [7, 11) is 4.23. The van der Waals surface area contributed by atoms with Gasteiger partial charge in [0.1, 0.15) is 0 Å². The normalized spacial score (nSPS) is 14.1. The van der Waals surface area contributed by atoms with Gasteiger partial charge in [0.25, 0.3) is 0 Å². The Hall–Kier alpha value is -0.510. The molecule has 2 nitrogen and oxygen atoms in total. The maximum Gasteiger partial charge on any atom is 0.0405 e. The summed E-state index contributed by atoms with van der Waals surface area (Å²) in [5.74, 6) is 0. The number of benzene rings is 1. The average molecular weight is 252 g/mol. The van der Waals surface area contributed by atoms with Crippen LogP contribution in [0.4, 0.5) is 0 Å². The zero-order valence-electron chi connectivity index (χ0n) is 11.5. The molecule has 0 radical (unpaired) electrons. The van der Waals surface area contributed by atoms with Crippen LogP contribution >= 0.6 is 11.8 Å². The molecule has 1 aromatic rings. The maximum absolute atomic E-state index is 5.91. The molecule has 1 unspecified atom stereocenters. The minimum atomic E-state index is 0.0738. The number of rotatable bonds is 5. The van der Waals surface area contributed by atoms with Gasteiger partial charge in [-0.15, -0.1) is 11.8 Å². The first-order chi connectivity index (χ1) is 7.92. The summed E-state index contributed by atoms with van der Waals surface area (Å²) in [5, 5.41) is 0. The summed E-state index contributed by atoms with van der Waals surface area (Å²) in [6.45, 7) is 5.13. The summed E-state index contributed by atoms with van der Waals surface area (Å²) in [5.41, 5.74) is 7.32. The van der Waals surface area contributed by atoms with Crippen molar-refractivity contribution < 1.29 is 0 Å². The van der Waals surface area contributed by atoms with E-state index in [0.717, 1.165) is 0 Å². The van der Waals surface area contributed by atoms with E-state index < -0.39 is 0 Å². The highest BCUT2D eigenvalue weighted by molar-refractivity contribution is 7.98. The van der Waals surface area contributed by atoms with Crippen molar-refractivity contribution in [2.75, 3.05) is 26.9 Å². The molecule has 0 aliphatic heterocycles. The number of hydrogen-bond acceptors (Lipinski definition) is 3. The summed E-state index contributed by atoms with van der Waals surface area (Å²) >= 11 is 1.77. The number of thioether (sulfide) groups is 1. The third kappa shape index (κ3) is 3.47. The minimum Gasteiger partial charge on any atom is -0.330 e. The molecule has 0 saturated carbocycles. The van der Waals surface area contributed by atoms with Crippen molar-refractivity contribution in [3.8, 4) is 0 Å². The van der Waals surface area contributed by atoms with Crippen molar-refractivity contribution >= 4 is 11.8 Å². The third-order valence-electron chi connectivity index (χ3n) is 3.21. The molecule has 0 spiro atoms. The third-order valence-corrected chi connectivity index (χ3v) is 3.96. The molecule has 1 rings (SSSR count). The first-order valence-corrected chi connectivity index (χ1v) is 7.15. The zero-order valence-corrected chi connectivity index (χ0v) is 12.3. The second kappa shape index (κ2) is 5.89. The van der Waals surface area contributed by atoms with Gasteiger partial charge in [-0.2, -0.15) is 0 Å². The Morgan fingerprint density at radius 3 is 2.12 bits per heavy atom. The Morgan fingerprint density at radius 2 is 1.76 bits per heavy atom. The Morgan fingerprint density at radius 1 is 1.24 bits per heavy atom. The molecular weight excluding hydrogens is 228 g/mol. The highest BCUT2D eigenvalue weighted by atomic mass is 32.2. The summed E-state index contributed by atoms with van der Waals surface area (Å²) in [6.07, 6.45) is 2.10. The van der Waals surface area contributed by atoms with E-state index >= 15 is 0 Å². The Bertz CT molecular complexity index is 344. The van der Waals surface area contributed by atoms with E-state index in [9.17, 15) is 0 Å². The van der Waals surface area contributed by atoms with Crippen LogP contribution in [0.1, 0.15) is 25.5 Å². The van der Waals surface area contributed by atoms with Crippen LogP contribution in [0.5, 0.6) is 0 Å². The van der Waals surface area contributed by atoms with E-state index in [1.165, 1.54) is 10.5 Å². The fraction of sp³-hybridized carbons (Fsp3) is 0.571. The van der Waals surface area contributed by atoms with Crippen molar-refractivity contribution in [3.63, 3.8) is 0 Å². The Kier molecular flexibility index (Phi) is 5.04. The molecule has 0 bridgehead atoms. The zero-order chi connectivity index (χ0) is 13.1. The van der Waals surface area contributed by atoms with E-state index in [2.05, 4.69) is 63.4 Å². The van der Waals surface area contributed by atoms with Crippen molar-refractivity contribution in [1.82, 2.24) is 4.90 Å². The molecule has 17 heavy (non-hydrogen) atoms. The van der Waals surface area contributed by atoms with Crippen LogP contribution in [0, 0.1) is 5.41 Å². The summed E-state index contributed by atoms with van der Waals surface area (Å²) < 4.78 is 0. The highest BCUT2D eigenvalue weighted by Crippen LogP contribution is 2.36. The molecule has 0 fully saturated rings. The lowest BCUT2D eigenvalue weighted by atomic mass is 9.80. The second-order valence-corrected chi connectivity index (χ2v) is 6.21. The number of nitrogens with zero attached hydrogens (tertiary/aromatic N) is 1. The number of hydrogen-bond donors (Lipinski definition) is 1. The smallest absolute Gasteiger partial charge is 0.0405 e. The van der Waals surface area contributed by atoms with Gasteiger partial charge < -0.3 is 10.6 Å². The average Bonchev–Trinajstić information content (AvgIpc) is 2.29. The van der Waals surface area contributed by atoms with Gasteiger partial charge >= 0.3 is 0 Å². The maximum atomic E-state index is 5.91. The number of nitrogens with two attached hydrogens (primary N) is 1. The lowest BCUT2D eigenvalue weighted by Crippen LogP contribution is -2.38. The molecule has 0 aliphatic rings. The Labute approximate surface area is 110 Å². The molecule has 1 atom stereocenters. The van der Waals surface area contributed by atoms with Crippen LogP contribution in [0.25, 0.3) is 0 Å². The van der Waals surface area contributed by atoms with Gasteiger partial charge in [-0.1, -0.05) is 26.0 Å². The Balaban J connectivity index is 3.06. The monoisotopic (exact) mass is 252 g/mol. The van der Waals surface area contributed by atoms with Gasteiger partial charge in [-0.05, 0) is 50.0 Å². The van der Waals surface area contributed by atoms with E-state index in [1.807, 2.05) is 0 Å². The molecule has 2 N–H and O–H groups in total. The van der Waals surface area contributed by atoms with Crippen LogP contribution in [-0.2, 0) is 0 Å². The van der Waals surface area contributed by atoms with Gasteiger partial charge in [-0.3, -0.25) is 0 Å². The molecule has 0 aromatic heterocycles. The first-order valence-electron chi connectivity index (χ1n) is 5.93. The summed E-state index contributed by atoms with van der Waals surface area (Å²) in [4.78, 5) is 3.55. The van der Waals surface area contributed by atoms with Crippen LogP contribution < -0.4 is 5.73 Å². The summed E-state index contributed by atoms with van der Waals surface area (Å²) in [6, 6.07) is 9.15. The van der Waals surface area contributed by atoms with E-state index in [-0.39, 0.29) is 5.41 Å². The van der Waals surface area contributed by atoms with E-state index in [1.54, 1.807) is 11.8 Å². The molecule has 3 heteroatoms. The van der Waals surface area contributed by atoms with E-state index in [0.29, 0.717) is 12.6 Å². The molecule has 0 saturated heterocycles. The predicted octanol–water partition coefficient (Wildman–Crippen LogP) is 3.00. The fourth-order valence-corrected chi connectivity index (χ4v) is 2.75. The van der Waals surface area contributed by atoms with Gasteiger partial charge in [0.2, 0.25) is 0 Å². The van der Waals surface area contributed by atoms with Crippen LogP contribution in [0.3, 0.4) is 0 Å². The largest absolute Gasteiger partial charge is 0.330 e. The van der Waals surface area contributed by atoms with Gasteiger partial charge in [0.05, 0.1) is 0 Å². The standard InChI is InChI=1S/C14H24N2S/c1-14(2,10-15)13(16(3)4)11-6-8-12(17-5)9-7-11/h6-9,13H,10,15H2,1-5H3. The highest BCUT2D eigenvalue weighted by Gasteiger charge is 2.31. The van der Waals surface area contributed by atoms with Crippen LogP contribution in [0.2, 0.25) is 0 Å². The van der Waals surface area contributed by atoms with Crippen LogP contribution in [0.15, 0.2) is 29.2 Å². The topological polar surface area (TPSA) is 29.3 Å². The van der Waals surface area contributed by atoms with Gasteiger partial charge in [0, 0.05) is 10.9 Å². The quantitative estimate of drug-likeness (QED) is 0.817. The first kappa shape index (κ1) is 14.6. The molecule has 0 amide bonds. The minimum absolute atomic E-state index is 0.0738. The van der Waals surface area contributed by atoms with Crippen molar-refractivity contribution in [2.24, 2.45) is 11.1 Å². The fourth-order valence-electron chi connectivity index (χ4n) is 2.35. The van der Waals surface area contributed by atoms with E-state index in [4.69, 9.17) is 5.73 Å². The molecular formula is C14H24N2S. The second-order valence-electron chi connectivity index (χ2n) is 5.33. The van der Waals surface area contributed by atoms with Crippen molar-refractivity contribution in [1.29, 1.82) is 0 Å². The lowest BCUT2D eigenvalue weighted by molar-refractivity contribution is 0.143. The molecule has 1 aromatic carbocycles. The van der Waals surface area contributed by atoms with Gasteiger partial charge in [-0.25, -0.2) is 0 Å². The van der Waals surface area contributed by atoms with Gasteiger partial charge in [0.15, 0.2) is 0 Å². The predicted molar refractivity (Wildman–Crippen MR) is 77.5 cm³/mol. The van der Waals surface area contributed by atoms with Crippen LogP contribution in [-0.4, -0.2) is 31.8 Å². The van der Waals surface area contributed by atoms with Crippen molar-refractivity contribution in [3.05, 3.63) is 29.8 Å².